The fourth-order valence-electron chi connectivity index (χ4n) is 3.05. The summed E-state index contributed by atoms with van der Waals surface area (Å²) in [6.07, 6.45) is 2.60. The van der Waals surface area contributed by atoms with Crippen LogP contribution in [-0.2, 0) is 13.0 Å². The molecule has 1 N–H and O–H groups in total. The van der Waals surface area contributed by atoms with Crippen LogP contribution in [0.3, 0.4) is 0 Å². The number of piperazine rings is 1. The molecule has 6 nitrogen and oxygen atoms in total. The number of likely N-dealkylation sites (N-methyl/N-ethyl adjacent to an activating group) is 3. The molecule has 2 atom stereocenters. The summed E-state index contributed by atoms with van der Waals surface area (Å²) in [6, 6.07) is 0.908. The second-order valence-corrected chi connectivity index (χ2v) is 6.66. The second-order valence-electron chi connectivity index (χ2n) is 6.66. The van der Waals surface area contributed by atoms with Crippen molar-refractivity contribution < 1.29 is 0 Å². The Morgan fingerprint density at radius 1 is 1.33 bits per heavy atom. The molecule has 2 heterocycles. The lowest BCUT2D eigenvalue weighted by molar-refractivity contribution is 0.0888. The molecular formula is C15H30N6. The first-order chi connectivity index (χ1) is 10.0. The van der Waals surface area contributed by atoms with Crippen LogP contribution in [0, 0.1) is 5.92 Å². The Balaban J connectivity index is 2.06. The van der Waals surface area contributed by atoms with E-state index in [4.69, 9.17) is 0 Å². The Kier molecular flexibility index (Phi) is 5.72. The molecule has 0 bridgehead atoms. The lowest BCUT2D eigenvalue weighted by Gasteiger charge is -2.41. The summed E-state index contributed by atoms with van der Waals surface area (Å²) in [7, 11) is 6.48. The Labute approximate surface area is 128 Å². The van der Waals surface area contributed by atoms with E-state index >= 15 is 0 Å². The Bertz CT molecular complexity index is 430. The van der Waals surface area contributed by atoms with Crippen molar-refractivity contribution >= 4 is 0 Å². The molecule has 1 aromatic heterocycles. The highest BCUT2D eigenvalue weighted by Gasteiger charge is 2.30. The van der Waals surface area contributed by atoms with Gasteiger partial charge in [-0.25, -0.2) is 9.67 Å². The van der Waals surface area contributed by atoms with Gasteiger partial charge in [-0.1, -0.05) is 13.8 Å². The predicted octanol–water partition coefficient (Wildman–Crippen LogP) is 0.310. The van der Waals surface area contributed by atoms with Gasteiger partial charge in [0, 0.05) is 44.7 Å². The number of hydrogen-bond donors (Lipinski definition) is 1. The van der Waals surface area contributed by atoms with Gasteiger partial charge in [0.2, 0.25) is 0 Å². The first-order valence-corrected chi connectivity index (χ1v) is 7.94. The van der Waals surface area contributed by atoms with Gasteiger partial charge in [-0.2, -0.15) is 5.10 Å². The molecule has 2 unspecified atom stereocenters. The van der Waals surface area contributed by atoms with Crippen molar-refractivity contribution in [3.05, 3.63) is 12.2 Å². The van der Waals surface area contributed by atoms with E-state index in [0.29, 0.717) is 18.0 Å². The van der Waals surface area contributed by atoms with Crippen LogP contribution >= 0.6 is 0 Å². The normalized spacial score (nSPS) is 22.9. The van der Waals surface area contributed by atoms with Crippen LogP contribution in [0.1, 0.15) is 19.7 Å². The number of nitrogens with one attached hydrogen (secondary N) is 1. The monoisotopic (exact) mass is 294 g/mol. The molecule has 21 heavy (non-hydrogen) atoms. The largest absolute Gasteiger partial charge is 0.315 e. The molecule has 120 valence electrons. The zero-order chi connectivity index (χ0) is 15.4. The van der Waals surface area contributed by atoms with Gasteiger partial charge in [0.25, 0.3) is 0 Å². The highest BCUT2D eigenvalue weighted by Crippen LogP contribution is 2.14. The van der Waals surface area contributed by atoms with Crippen molar-refractivity contribution in [2.24, 2.45) is 5.92 Å². The molecule has 6 heteroatoms. The van der Waals surface area contributed by atoms with E-state index in [1.54, 1.807) is 6.33 Å². The molecule has 0 aromatic carbocycles. The third kappa shape index (κ3) is 4.25. The molecule has 0 saturated carbocycles. The summed E-state index contributed by atoms with van der Waals surface area (Å²) in [5.74, 6) is 1.67. The molecule has 0 aliphatic carbocycles. The highest BCUT2D eigenvalue weighted by atomic mass is 15.3. The molecule has 1 aromatic rings. The molecule has 1 aliphatic heterocycles. The van der Waals surface area contributed by atoms with Crippen molar-refractivity contribution in [3.8, 4) is 0 Å². The maximum absolute atomic E-state index is 4.48. The first-order valence-electron chi connectivity index (χ1n) is 7.94. The molecule has 0 radical (unpaired) electrons. The lowest BCUT2D eigenvalue weighted by atomic mass is 10.0. The van der Waals surface area contributed by atoms with Crippen LogP contribution in [0.5, 0.6) is 0 Å². The lowest BCUT2D eigenvalue weighted by Crippen LogP contribution is -2.58. The van der Waals surface area contributed by atoms with Gasteiger partial charge >= 0.3 is 0 Å². The van der Waals surface area contributed by atoms with E-state index in [2.05, 4.69) is 64.9 Å². The average molecular weight is 294 g/mol. The van der Waals surface area contributed by atoms with E-state index in [0.717, 1.165) is 38.4 Å². The number of rotatable bonds is 6. The van der Waals surface area contributed by atoms with Gasteiger partial charge in [-0.15, -0.1) is 0 Å². The van der Waals surface area contributed by atoms with Crippen molar-refractivity contribution in [1.82, 2.24) is 29.9 Å². The quantitative estimate of drug-likeness (QED) is 0.818. The molecule has 2 rings (SSSR count). The second kappa shape index (κ2) is 7.33. The van der Waals surface area contributed by atoms with Crippen molar-refractivity contribution in [1.29, 1.82) is 0 Å². The van der Waals surface area contributed by atoms with E-state index in [1.807, 2.05) is 0 Å². The van der Waals surface area contributed by atoms with E-state index in [9.17, 15) is 0 Å². The molecular weight excluding hydrogens is 264 g/mol. The van der Waals surface area contributed by atoms with Crippen LogP contribution in [0.25, 0.3) is 0 Å². The minimum absolute atomic E-state index is 0.396. The van der Waals surface area contributed by atoms with Gasteiger partial charge in [0.1, 0.15) is 12.2 Å². The number of hydrogen-bond acceptors (Lipinski definition) is 5. The SMILES string of the molecule is CNC(Cc1ncnn1CC(C)C)C1CN(C)CCN1C. The van der Waals surface area contributed by atoms with Crippen LogP contribution in [0.2, 0.25) is 0 Å². The smallest absolute Gasteiger partial charge is 0.138 e. The molecule has 1 aliphatic rings. The summed E-state index contributed by atoms with van der Waals surface area (Å²) in [6.45, 7) is 8.73. The summed E-state index contributed by atoms with van der Waals surface area (Å²) in [4.78, 5) is 9.35. The Morgan fingerprint density at radius 3 is 2.76 bits per heavy atom. The highest BCUT2D eigenvalue weighted by molar-refractivity contribution is 4.97. The van der Waals surface area contributed by atoms with E-state index in [1.165, 1.54) is 0 Å². The van der Waals surface area contributed by atoms with Gasteiger partial charge in [-0.05, 0) is 27.1 Å². The standard InChI is InChI=1S/C15H30N6/c1-12(2)9-21-15(17-11-18-21)8-13(16-3)14-10-19(4)6-7-20(14)5/h11-14,16H,6-10H2,1-5H3. The van der Waals surface area contributed by atoms with E-state index in [-0.39, 0.29) is 0 Å². The number of aromatic nitrogens is 3. The van der Waals surface area contributed by atoms with Gasteiger partial charge < -0.3 is 10.2 Å². The fourth-order valence-corrected chi connectivity index (χ4v) is 3.05. The van der Waals surface area contributed by atoms with Crippen molar-refractivity contribution in [2.45, 2.75) is 38.9 Å². The zero-order valence-corrected chi connectivity index (χ0v) is 14.1. The maximum atomic E-state index is 4.48. The van der Waals surface area contributed by atoms with Crippen molar-refractivity contribution in [3.63, 3.8) is 0 Å². The summed E-state index contributed by atoms with van der Waals surface area (Å²) < 4.78 is 2.06. The van der Waals surface area contributed by atoms with Gasteiger partial charge in [0.15, 0.2) is 0 Å². The maximum Gasteiger partial charge on any atom is 0.138 e. The Hall–Kier alpha value is -0.980. The molecule has 0 spiro atoms. The predicted molar refractivity (Wildman–Crippen MR) is 85.3 cm³/mol. The molecule has 0 amide bonds. The molecule has 1 fully saturated rings. The van der Waals surface area contributed by atoms with Crippen LogP contribution in [0.15, 0.2) is 6.33 Å². The van der Waals surface area contributed by atoms with Crippen LogP contribution in [0.4, 0.5) is 0 Å². The van der Waals surface area contributed by atoms with Gasteiger partial charge in [-0.3, -0.25) is 4.90 Å². The third-order valence-corrected chi connectivity index (χ3v) is 4.37. The Morgan fingerprint density at radius 2 is 2.10 bits per heavy atom. The average Bonchev–Trinajstić information content (AvgIpc) is 2.85. The third-order valence-electron chi connectivity index (χ3n) is 4.37. The summed E-state index contributed by atoms with van der Waals surface area (Å²) in [5.41, 5.74) is 0. The van der Waals surface area contributed by atoms with Crippen LogP contribution in [-0.4, -0.2) is 77.4 Å². The topological polar surface area (TPSA) is 49.2 Å². The zero-order valence-electron chi connectivity index (χ0n) is 14.1. The van der Waals surface area contributed by atoms with E-state index < -0.39 is 0 Å². The fraction of sp³-hybridized carbons (Fsp3) is 0.867. The van der Waals surface area contributed by atoms with Gasteiger partial charge in [0.05, 0.1) is 0 Å². The summed E-state index contributed by atoms with van der Waals surface area (Å²) >= 11 is 0. The van der Waals surface area contributed by atoms with Crippen LogP contribution < -0.4 is 5.32 Å². The first kappa shape index (κ1) is 16.4. The minimum atomic E-state index is 0.396. The minimum Gasteiger partial charge on any atom is -0.315 e. The van der Waals surface area contributed by atoms with Crippen molar-refractivity contribution in [2.75, 3.05) is 40.8 Å². The number of nitrogens with zero attached hydrogens (tertiary/aromatic N) is 5. The molecule has 1 saturated heterocycles. The summed E-state index contributed by atoms with van der Waals surface area (Å²) in [5, 5.41) is 7.87.